The molecule has 1 aliphatic rings. The third kappa shape index (κ3) is 8.64. The molecule has 0 radical (unpaired) electrons. The fourth-order valence-corrected chi connectivity index (χ4v) is 4.81. The maximum atomic E-state index is 10.5. The Bertz CT molecular complexity index is 992. The van der Waals surface area contributed by atoms with Gasteiger partial charge in [-0.3, -0.25) is 4.90 Å². The molecule has 6 heteroatoms. The van der Waals surface area contributed by atoms with E-state index in [0.717, 1.165) is 36.1 Å². The molecule has 0 spiro atoms. The van der Waals surface area contributed by atoms with E-state index < -0.39 is 0 Å². The van der Waals surface area contributed by atoms with Crippen LogP contribution in [0.1, 0.15) is 36.5 Å². The second kappa shape index (κ2) is 15.9. The Morgan fingerprint density at radius 2 is 1.16 bits per heavy atom. The topological polar surface area (TPSA) is 51.2 Å². The van der Waals surface area contributed by atoms with Crippen molar-refractivity contribution in [3.05, 3.63) is 108 Å². The van der Waals surface area contributed by atoms with E-state index in [1.54, 1.807) is 0 Å². The largest absolute Gasteiger partial charge is 0.395 e. The number of benzene rings is 3. The molecular weight excluding hydrogens is 486 g/mol. The lowest BCUT2D eigenvalue weighted by atomic mass is 9.92. The Morgan fingerprint density at radius 3 is 1.62 bits per heavy atom. The maximum absolute atomic E-state index is 10.5. The first-order chi connectivity index (χ1) is 17.8. The quantitative estimate of drug-likeness (QED) is 0.313. The molecule has 200 valence electrons. The number of halogens is 1. The number of likely N-dealkylation sites (tertiary alicyclic amines) is 1. The molecule has 0 saturated carbocycles. The molecule has 4 rings (SSSR count). The van der Waals surface area contributed by atoms with E-state index in [9.17, 15) is 5.11 Å². The van der Waals surface area contributed by atoms with Gasteiger partial charge in [0.15, 0.2) is 0 Å². The van der Waals surface area contributed by atoms with Crippen LogP contribution in [0.4, 0.5) is 0 Å². The predicted octanol–water partition coefficient (Wildman–Crippen LogP) is 5.64. The van der Waals surface area contributed by atoms with Crippen LogP contribution in [0.25, 0.3) is 0 Å². The average molecular weight is 526 g/mol. The third-order valence-electron chi connectivity index (χ3n) is 6.82. The molecule has 1 saturated heterocycles. The van der Waals surface area contributed by atoms with Gasteiger partial charge in [0.1, 0.15) is 12.2 Å². The molecule has 0 aromatic heterocycles. The van der Waals surface area contributed by atoms with E-state index in [0.29, 0.717) is 26.4 Å². The van der Waals surface area contributed by atoms with Crippen LogP contribution in [0.5, 0.6) is 0 Å². The van der Waals surface area contributed by atoms with Crippen molar-refractivity contribution in [2.24, 2.45) is 0 Å². The summed E-state index contributed by atoms with van der Waals surface area (Å²) in [5.74, 6) is 0. The van der Waals surface area contributed by atoms with Gasteiger partial charge in [-0.25, -0.2) is 0 Å². The highest BCUT2D eigenvalue weighted by Gasteiger charge is 2.45. The van der Waals surface area contributed by atoms with Gasteiger partial charge >= 0.3 is 0 Å². The predicted molar refractivity (Wildman–Crippen MR) is 150 cm³/mol. The van der Waals surface area contributed by atoms with Gasteiger partial charge < -0.3 is 19.3 Å². The summed E-state index contributed by atoms with van der Waals surface area (Å²) < 4.78 is 19.7. The first-order valence-electron chi connectivity index (χ1n) is 13.1. The second-order valence-electron chi connectivity index (χ2n) is 9.46. The Balaban J connectivity index is 0.00000380. The smallest absolute Gasteiger partial charge is 0.113 e. The van der Waals surface area contributed by atoms with Crippen molar-refractivity contribution in [1.29, 1.82) is 0 Å². The fraction of sp³-hybridized carbons (Fsp3) is 0.419. The molecule has 5 nitrogen and oxygen atoms in total. The highest BCUT2D eigenvalue weighted by atomic mass is 35.5. The fourth-order valence-electron chi connectivity index (χ4n) is 4.81. The summed E-state index contributed by atoms with van der Waals surface area (Å²) in [7, 11) is 0. The zero-order valence-electron chi connectivity index (χ0n) is 21.7. The summed E-state index contributed by atoms with van der Waals surface area (Å²) in [6.45, 7) is 5.23. The van der Waals surface area contributed by atoms with Crippen molar-refractivity contribution >= 4 is 12.4 Å². The number of aliphatic hydroxyl groups is 1. The number of ether oxygens (including phenoxy) is 3. The van der Waals surface area contributed by atoms with E-state index in [4.69, 9.17) is 14.2 Å². The molecule has 0 aliphatic carbocycles. The molecule has 1 N–H and O–H groups in total. The van der Waals surface area contributed by atoms with Gasteiger partial charge in [-0.05, 0) is 29.7 Å². The van der Waals surface area contributed by atoms with Gasteiger partial charge in [0.2, 0.25) is 0 Å². The van der Waals surface area contributed by atoms with Gasteiger partial charge in [-0.2, -0.15) is 0 Å². The van der Waals surface area contributed by atoms with Crippen LogP contribution in [0.2, 0.25) is 0 Å². The van der Waals surface area contributed by atoms with Gasteiger partial charge in [-0.1, -0.05) is 104 Å². The SMILES string of the molecule is CCCCN1C[C@H](OCc2ccccc2)[C@@H](OCc2ccccc2)[C@H](OCc2ccccc2)[C@H]1CO.Cl. The Morgan fingerprint density at radius 1 is 0.703 bits per heavy atom. The van der Waals surface area contributed by atoms with Crippen LogP contribution in [0, 0.1) is 0 Å². The highest BCUT2D eigenvalue weighted by Crippen LogP contribution is 2.29. The molecule has 0 amide bonds. The molecule has 1 fully saturated rings. The maximum Gasteiger partial charge on any atom is 0.113 e. The Kier molecular flexibility index (Phi) is 12.6. The number of nitrogens with zero attached hydrogens (tertiary/aromatic N) is 1. The summed E-state index contributed by atoms with van der Waals surface area (Å²) in [6.07, 6.45) is 1.32. The highest BCUT2D eigenvalue weighted by molar-refractivity contribution is 5.85. The van der Waals surface area contributed by atoms with Crippen molar-refractivity contribution in [2.45, 2.75) is 63.9 Å². The van der Waals surface area contributed by atoms with Gasteiger partial charge in [0.25, 0.3) is 0 Å². The van der Waals surface area contributed by atoms with E-state index in [2.05, 4.69) is 48.2 Å². The minimum Gasteiger partial charge on any atom is -0.395 e. The standard InChI is InChI=1S/C31H39NO4.ClH/c1-2-3-19-32-20-29(34-22-25-13-7-4-8-14-25)31(36-24-27-17-11-6-12-18-27)30(28(32)21-33)35-23-26-15-9-5-10-16-26;/h4-18,28-31,33H,2-3,19-24H2,1H3;1H/t28-,29+,30-,31-;/m1./s1. The summed E-state index contributed by atoms with van der Waals surface area (Å²) >= 11 is 0. The van der Waals surface area contributed by atoms with Crippen LogP contribution in [0.15, 0.2) is 91.0 Å². The number of aliphatic hydroxyl groups excluding tert-OH is 1. The van der Waals surface area contributed by atoms with Crippen molar-refractivity contribution < 1.29 is 19.3 Å². The zero-order chi connectivity index (χ0) is 25.0. The average Bonchev–Trinajstić information content (AvgIpc) is 2.94. The van der Waals surface area contributed by atoms with E-state index in [1.807, 2.05) is 54.6 Å². The van der Waals surface area contributed by atoms with E-state index >= 15 is 0 Å². The lowest BCUT2D eigenvalue weighted by Crippen LogP contribution is -2.64. The molecule has 37 heavy (non-hydrogen) atoms. The van der Waals surface area contributed by atoms with Crippen LogP contribution < -0.4 is 0 Å². The molecule has 3 aromatic carbocycles. The molecular formula is C31H40ClNO4. The summed E-state index contributed by atoms with van der Waals surface area (Å²) in [5, 5.41) is 10.5. The molecule has 4 atom stereocenters. The summed E-state index contributed by atoms with van der Waals surface area (Å²) in [6, 6.07) is 30.5. The van der Waals surface area contributed by atoms with Crippen molar-refractivity contribution in [2.75, 3.05) is 19.7 Å². The first kappa shape index (κ1) is 29.3. The lowest BCUT2D eigenvalue weighted by molar-refractivity contribution is -0.208. The molecule has 0 bridgehead atoms. The van der Waals surface area contributed by atoms with Crippen molar-refractivity contribution in [3.63, 3.8) is 0 Å². The summed E-state index contributed by atoms with van der Waals surface area (Å²) in [4.78, 5) is 2.33. The summed E-state index contributed by atoms with van der Waals surface area (Å²) in [5.41, 5.74) is 3.34. The second-order valence-corrected chi connectivity index (χ2v) is 9.46. The van der Waals surface area contributed by atoms with Crippen molar-refractivity contribution in [3.8, 4) is 0 Å². The number of rotatable bonds is 13. The van der Waals surface area contributed by atoms with Gasteiger partial charge in [-0.15, -0.1) is 12.4 Å². The minimum absolute atomic E-state index is 0. The number of unbranched alkanes of at least 4 members (excludes halogenated alkanes) is 1. The number of piperidine rings is 1. The van der Waals surface area contributed by atoms with Crippen LogP contribution in [0.3, 0.4) is 0 Å². The monoisotopic (exact) mass is 525 g/mol. The van der Waals surface area contributed by atoms with Crippen molar-refractivity contribution in [1.82, 2.24) is 4.90 Å². The van der Waals surface area contributed by atoms with Gasteiger partial charge in [0, 0.05) is 6.54 Å². The van der Waals surface area contributed by atoms with E-state index in [-0.39, 0.29) is 43.4 Å². The van der Waals surface area contributed by atoms with Crippen LogP contribution in [-0.2, 0) is 34.0 Å². The molecule has 1 aliphatic heterocycles. The number of hydrogen-bond acceptors (Lipinski definition) is 5. The normalized spacial score (nSPS) is 21.9. The molecule has 3 aromatic rings. The minimum atomic E-state index is -0.328. The lowest BCUT2D eigenvalue weighted by Gasteiger charge is -2.48. The molecule has 1 heterocycles. The van der Waals surface area contributed by atoms with Gasteiger partial charge in [0.05, 0.1) is 38.6 Å². The van der Waals surface area contributed by atoms with Crippen LogP contribution in [-0.4, -0.2) is 54.1 Å². The molecule has 0 unspecified atom stereocenters. The number of hydrogen-bond donors (Lipinski definition) is 1. The Labute approximate surface area is 227 Å². The van der Waals surface area contributed by atoms with E-state index in [1.165, 1.54) is 0 Å². The Hall–Kier alpha value is -2.25. The third-order valence-corrected chi connectivity index (χ3v) is 6.82. The first-order valence-corrected chi connectivity index (χ1v) is 13.1. The van der Waals surface area contributed by atoms with Crippen LogP contribution >= 0.6 is 12.4 Å². The zero-order valence-corrected chi connectivity index (χ0v) is 22.5.